The van der Waals surface area contributed by atoms with Crippen LogP contribution in [0, 0.1) is 0 Å². The van der Waals surface area contributed by atoms with Crippen molar-refractivity contribution in [2.75, 3.05) is 0 Å². The maximum absolute atomic E-state index is 12.3. The van der Waals surface area contributed by atoms with Crippen LogP contribution in [0.5, 0.6) is 0 Å². The zero-order valence-corrected chi connectivity index (χ0v) is 10.2. The van der Waals surface area contributed by atoms with Crippen LogP contribution in [0.25, 0.3) is 11.1 Å². The smallest absolute Gasteiger partial charge is 0.303 e. The highest BCUT2D eigenvalue weighted by Gasteiger charge is 2.27. The topological polar surface area (TPSA) is 54.4 Å². The maximum atomic E-state index is 12.3. The van der Waals surface area contributed by atoms with Gasteiger partial charge in [0.15, 0.2) is 5.78 Å². The number of carboxylic acid groups (broad SMARTS) is 1. The molecule has 3 rings (SSSR count). The Morgan fingerprint density at radius 1 is 0.947 bits per heavy atom. The SMILES string of the molecule is O=C(O)CCc1cccc2c1-c1ccccc1C2=O. The number of fused-ring (bicyclic) bond motifs is 3. The molecule has 0 heterocycles. The van der Waals surface area contributed by atoms with Gasteiger partial charge in [-0.3, -0.25) is 9.59 Å². The van der Waals surface area contributed by atoms with Crippen molar-refractivity contribution in [1.29, 1.82) is 0 Å². The van der Waals surface area contributed by atoms with E-state index in [1.165, 1.54) is 0 Å². The third-order valence-corrected chi connectivity index (χ3v) is 3.44. The summed E-state index contributed by atoms with van der Waals surface area (Å²) >= 11 is 0. The highest BCUT2D eigenvalue weighted by Crippen LogP contribution is 2.39. The summed E-state index contributed by atoms with van der Waals surface area (Å²) in [5.41, 5.74) is 4.15. The van der Waals surface area contributed by atoms with E-state index in [1.807, 2.05) is 42.5 Å². The maximum Gasteiger partial charge on any atom is 0.303 e. The van der Waals surface area contributed by atoms with E-state index in [4.69, 9.17) is 5.11 Å². The molecule has 0 atom stereocenters. The molecule has 0 unspecified atom stereocenters. The van der Waals surface area contributed by atoms with Crippen LogP contribution in [0.2, 0.25) is 0 Å². The number of carbonyl (C=O) groups is 2. The summed E-state index contributed by atoms with van der Waals surface area (Å²) in [6, 6.07) is 13.0. The van der Waals surface area contributed by atoms with Crippen molar-refractivity contribution in [2.24, 2.45) is 0 Å². The largest absolute Gasteiger partial charge is 0.481 e. The van der Waals surface area contributed by atoms with Gasteiger partial charge in [0.1, 0.15) is 0 Å². The molecule has 94 valence electrons. The van der Waals surface area contributed by atoms with Crippen LogP contribution in [0.3, 0.4) is 0 Å². The van der Waals surface area contributed by atoms with Gasteiger partial charge in [0.05, 0.1) is 0 Å². The van der Waals surface area contributed by atoms with Crippen LogP contribution in [-0.2, 0) is 11.2 Å². The van der Waals surface area contributed by atoms with E-state index in [2.05, 4.69) is 0 Å². The molecule has 3 heteroatoms. The van der Waals surface area contributed by atoms with E-state index >= 15 is 0 Å². The number of aryl methyl sites for hydroxylation is 1. The van der Waals surface area contributed by atoms with Gasteiger partial charge in [0.2, 0.25) is 0 Å². The van der Waals surface area contributed by atoms with E-state index in [-0.39, 0.29) is 12.2 Å². The lowest BCUT2D eigenvalue weighted by molar-refractivity contribution is -0.136. The number of benzene rings is 2. The van der Waals surface area contributed by atoms with Crippen molar-refractivity contribution in [3.8, 4) is 11.1 Å². The molecule has 1 aliphatic carbocycles. The van der Waals surface area contributed by atoms with Crippen molar-refractivity contribution in [3.05, 3.63) is 59.2 Å². The van der Waals surface area contributed by atoms with Crippen LogP contribution < -0.4 is 0 Å². The van der Waals surface area contributed by atoms with Gasteiger partial charge in [-0.1, -0.05) is 42.5 Å². The minimum atomic E-state index is -0.824. The average molecular weight is 252 g/mol. The normalized spacial score (nSPS) is 12.1. The van der Waals surface area contributed by atoms with Crippen molar-refractivity contribution < 1.29 is 14.7 Å². The molecule has 0 spiro atoms. The first kappa shape index (κ1) is 11.7. The first-order valence-electron chi connectivity index (χ1n) is 6.16. The molecular formula is C16H12O3. The molecule has 0 saturated heterocycles. The second-order valence-corrected chi connectivity index (χ2v) is 4.61. The molecule has 0 radical (unpaired) electrons. The average Bonchev–Trinajstić information content (AvgIpc) is 2.71. The summed E-state index contributed by atoms with van der Waals surface area (Å²) in [6.07, 6.45) is 0.521. The standard InChI is InChI=1S/C16H12O3/c17-14(18)9-8-10-4-3-7-13-15(10)11-5-1-2-6-12(11)16(13)19/h1-7H,8-9H2,(H,17,18). The minimum absolute atomic E-state index is 0.0303. The second-order valence-electron chi connectivity index (χ2n) is 4.61. The third kappa shape index (κ3) is 1.83. The molecule has 0 aliphatic heterocycles. The Labute approximate surface area is 110 Å². The van der Waals surface area contributed by atoms with Crippen molar-refractivity contribution in [3.63, 3.8) is 0 Å². The molecule has 3 nitrogen and oxygen atoms in total. The van der Waals surface area contributed by atoms with Crippen molar-refractivity contribution >= 4 is 11.8 Å². The minimum Gasteiger partial charge on any atom is -0.481 e. The summed E-state index contributed by atoms with van der Waals surface area (Å²) in [5, 5.41) is 8.80. The van der Waals surface area contributed by atoms with Gasteiger partial charge in [0.25, 0.3) is 0 Å². The lowest BCUT2D eigenvalue weighted by Crippen LogP contribution is -2.00. The van der Waals surface area contributed by atoms with Gasteiger partial charge in [-0.05, 0) is 23.1 Å². The van der Waals surface area contributed by atoms with Gasteiger partial charge in [0, 0.05) is 17.5 Å². The number of carbonyl (C=O) groups excluding carboxylic acids is 1. The monoisotopic (exact) mass is 252 g/mol. The fourth-order valence-corrected chi connectivity index (χ4v) is 2.60. The Morgan fingerprint density at radius 2 is 1.63 bits per heavy atom. The Bertz CT molecular complexity index is 686. The Balaban J connectivity index is 2.14. The first-order valence-corrected chi connectivity index (χ1v) is 6.16. The summed E-state index contributed by atoms with van der Waals surface area (Å²) < 4.78 is 0. The zero-order valence-electron chi connectivity index (χ0n) is 10.2. The molecule has 0 amide bonds. The lowest BCUT2D eigenvalue weighted by Gasteiger charge is -2.07. The molecule has 2 aromatic carbocycles. The number of carboxylic acids is 1. The number of aliphatic carboxylic acids is 1. The van der Waals surface area contributed by atoms with E-state index in [0.29, 0.717) is 17.5 Å². The van der Waals surface area contributed by atoms with E-state index < -0.39 is 5.97 Å². The number of rotatable bonds is 3. The Hall–Kier alpha value is -2.42. The van der Waals surface area contributed by atoms with E-state index in [9.17, 15) is 9.59 Å². The lowest BCUT2D eigenvalue weighted by atomic mass is 9.96. The van der Waals surface area contributed by atoms with Crippen LogP contribution >= 0.6 is 0 Å². The summed E-state index contributed by atoms with van der Waals surface area (Å²) in [5.74, 6) is -0.794. The van der Waals surface area contributed by atoms with Gasteiger partial charge in [-0.2, -0.15) is 0 Å². The molecule has 0 aromatic heterocycles. The number of hydrogen-bond acceptors (Lipinski definition) is 2. The summed E-state index contributed by atoms with van der Waals surface area (Å²) in [6.45, 7) is 0. The molecular weight excluding hydrogens is 240 g/mol. The zero-order chi connectivity index (χ0) is 13.4. The van der Waals surface area contributed by atoms with Gasteiger partial charge >= 0.3 is 5.97 Å². The molecule has 1 N–H and O–H groups in total. The molecule has 0 fully saturated rings. The fraction of sp³-hybridized carbons (Fsp3) is 0.125. The third-order valence-electron chi connectivity index (χ3n) is 3.44. The van der Waals surface area contributed by atoms with Crippen molar-refractivity contribution in [1.82, 2.24) is 0 Å². The van der Waals surface area contributed by atoms with E-state index in [1.54, 1.807) is 0 Å². The highest BCUT2D eigenvalue weighted by atomic mass is 16.4. The fourth-order valence-electron chi connectivity index (χ4n) is 2.60. The quantitative estimate of drug-likeness (QED) is 0.779. The second kappa shape index (κ2) is 4.35. The summed E-state index contributed by atoms with van der Waals surface area (Å²) in [7, 11) is 0. The van der Waals surface area contributed by atoms with E-state index in [0.717, 1.165) is 16.7 Å². The Morgan fingerprint density at radius 3 is 2.37 bits per heavy atom. The Kier molecular flexibility index (Phi) is 2.67. The predicted octanol–water partition coefficient (Wildman–Crippen LogP) is 2.92. The van der Waals surface area contributed by atoms with Crippen LogP contribution in [0.15, 0.2) is 42.5 Å². The van der Waals surface area contributed by atoms with Gasteiger partial charge < -0.3 is 5.11 Å². The van der Waals surface area contributed by atoms with Crippen LogP contribution in [-0.4, -0.2) is 16.9 Å². The van der Waals surface area contributed by atoms with Gasteiger partial charge in [-0.15, -0.1) is 0 Å². The molecule has 0 bridgehead atoms. The van der Waals surface area contributed by atoms with Crippen molar-refractivity contribution in [2.45, 2.75) is 12.8 Å². The van der Waals surface area contributed by atoms with Crippen LogP contribution in [0.4, 0.5) is 0 Å². The predicted molar refractivity (Wildman–Crippen MR) is 71.3 cm³/mol. The van der Waals surface area contributed by atoms with Crippen LogP contribution in [0.1, 0.15) is 27.9 Å². The molecule has 0 saturated carbocycles. The van der Waals surface area contributed by atoms with Gasteiger partial charge in [-0.25, -0.2) is 0 Å². The molecule has 19 heavy (non-hydrogen) atoms. The molecule has 2 aromatic rings. The highest BCUT2D eigenvalue weighted by molar-refractivity contribution is 6.22. The summed E-state index contributed by atoms with van der Waals surface area (Å²) in [4.78, 5) is 23.0. The number of hydrogen-bond donors (Lipinski definition) is 1. The first-order chi connectivity index (χ1) is 9.18. The number of ketones is 1. The molecule has 1 aliphatic rings.